The van der Waals surface area contributed by atoms with Gasteiger partial charge in [0.2, 0.25) is 0 Å². The van der Waals surface area contributed by atoms with E-state index in [2.05, 4.69) is 45.2 Å². The van der Waals surface area contributed by atoms with E-state index < -0.39 is 6.16 Å². The molecule has 0 aliphatic rings. The fourth-order valence-electron chi connectivity index (χ4n) is 0.462. The quantitative estimate of drug-likeness (QED) is 0.299. The molecule has 0 aromatic heterocycles. The molecule has 0 aromatic carbocycles. The van der Waals surface area contributed by atoms with E-state index in [0.29, 0.717) is 13.2 Å². The third-order valence-corrected chi connectivity index (χ3v) is 2.52. The zero-order valence-electron chi connectivity index (χ0n) is 6.72. The van der Waals surface area contributed by atoms with Gasteiger partial charge in [0.15, 0.2) is 0 Å². The zero-order valence-corrected chi connectivity index (χ0v) is 11.0. The summed E-state index contributed by atoms with van der Waals surface area (Å²) >= 11 is 4.47. The predicted molar refractivity (Wildman–Crippen MR) is 64.3 cm³/mol. The van der Waals surface area contributed by atoms with Crippen molar-refractivity contribution < 1.29 is 14.3 Å². The van der Waals surface area contributed by atoms with Gasteiger partial charge in [0, 0.05) is 8.86 Å². The Kier molecular flexibility index (Phi) is 10.4. The number of ether oxygens (including phenoxy) is 2. The topological polar surface area (TPSA) is 35.5 Å². The standard InChI is InChI=1S/C7H12I2O3/c8-3-1-5-11-7(10)12-6-2-4-9/h1-6H2. The molecule has 0 N–H and O–H groups in total. The lowest BCUT2D eigenvalue weighted by Gasteiger charge is -2.03. The first-order valence-electron chi connectivity index (χ1n) is 3.72. The highest BCUT2D eigenvalue weighted by Gasteiger charge is 2.01. The van der Waals surface area contributed by atoms with Crippen LogP contribution in [-0.2, 0) is 9.47 Å². The van der Waals surface area contributed by atoms with Gasteiger partial charge in [0.05, 0.1) is 13.2 Å². The van der Waals surface area contributed by atoms with Crippen LogP contribution in [0.25, 0.3) is 0 Å². The van der Waals surface area contributed by atoms with Gasteiger partial charge in [0.25, 0.3) is 0 Å². The molecule has 0 spiro atoms. The molecule has 0 bridgehead atoms. The number of rotatable bonds is 6. The van der Waals surface area contributed by atoms with Gasteiger partial charge in [0.1, 0.15) is 0 Å². The average molecular weight is 398 g/mol. The summed E-state index contributed by atoms with van der Waals surface area (Å²) in [6, 6.07) is 0. The minimum absolute atomic E-state index is 0.464. The molecule has 0 aliphatic heterocycles. The van der Waals surface area contributed by atoms with E-state index in [4.69, 9.17) is 9.47 Å². The van der Waals surface area contributed by atoms with Crippen molar-refractivity contribution in [3.05, 3.63) is 0 Å². The summed E-state index contributed by atoms with van der Waals surface area (Å²) in [5.41, 5.74) is 0. The molecule has 5 heteroatoms. The monoisotopic (exact) mass is 398 g/mol. The third-order valence-electron chi connectivity index (χ3n) is 0.996. The Morgan fingerprint density at radius 1 is 1.00 bits per heavy atom. The van der Waals surface area contributed by atoms with Crippen LogP contribution in [-0.4, -0.2) is 28.2 Å². The lowest BCUT2D eigenvalue weighted by Crippen LogP contribution is -2.09. The van der Waals surface area contributed by atoms with Crippen LogP contribution in [0.1, 0.15) is 12.8 Å². The fourth-order valence-corrected chi connectivity index (χ4v) is 1.08. The van der Waals surface area contributed by atoms with E-state index >= 15 is 0 Å². The van der Waals surface area contributed by atoms with Crippen molar-refractivity contribution in [2.45, 2.75) is 12.8 Å². The first-order chi connectivity index (χ1) is 5.81. The van der Waals surface area contributed by atoms with Crippen molar-refractivity contribution in [2.75, 3.05) is 22.1 Å². The average Bonchev–Trinajstić information content (AvgIpc) is 2.06. The Morgan fingerprint density at radius 3 is 1.75 bits per heavy atom. The number of carbonyl (C=O) groups is 1. The second-order valence-corrected chi connectivity index (χ2v) is 4.19. The van der Waals surface area contributed by atoms with Gasteiger partial charge in [-0.1, -0.05) is 45.2 Å². The number of carbonyl (C=O) groups excluding carboxylic acids is 1. The summed E-state index contributed by atoms with van der Waals surface area (Å²) in [5, 5.41) is 0. The summed E-state index contributed by atoms with van der Waals surface area (Å²) in [7, 11) is 0. The molecule has 72 valence electrons. The van der Waals surface area contributed by atoms with Crippen LogP contribution in [0.5, 0.6) is 0 Å². The molecule has 0 saturated heterocycles. The SMILES string of the molecule is O=C(OCCCI)OCCCI. The molecule has 0 fully saturated rings. The predicted octanol–water partition coefficient (Wildman–Crippen LogP) is 2.79. The molecule has 0 aliphatic carbocycles. The van der Waals surface area contributed by atoms with E-state index in [-0.39, 0.29) is 0 Å². The summed E-state index contributed by atoms with van der Waals surface area (Å²) in [4.78, 5) is 10.7. The van der Waals surface area contributed by atoms with Crippen molar-refractivity contribution in [3.63, 3.8) is 0 Å². The fraction of sp³-hybridized carbons (Fsp3) is 0.857. The smallest absolute Gasteiger partial charge is 0.434 e. The van der Waals surface area contributed by atoms with Crippen LogP contribution in [0, 0.1) is 0 Å². The van der Waals surface area contributed by atoms with E-state index in [1.807, 2.05) is 0 Å². The van der Waals surface area contributed by atoms with E-state index in [0.717, 1.165) is 21.7 Å². The highest BCUT2D eigenvalue weighted by atomic mass is 127. The highest BCUT2D eigenvalue weighted by Crippen LogP contribution is 1.94. The molecule has 0 rings (SSSR count). The van der Waals surface area contributed by atoms with Crippen molar-refractivity contribution in [2.24, 2.45) is 0 Å². The van der Waals surface area contributed by atoms with Crippen LogP contribution in [0.4, 0.5) is 4.79 Å². The minimum atomic E-state index is -0.537. The Morgan fingerprint density at radius 2 is 1.42 bits per heavy atom. The van der Waals surface area contributed by atoms with Crippen LogP contribution >= 0.6 is 45.2 Å². The van der Waals surface area contributed by atoms with Crippen LogP contribution < -0.4 is 0 Å². The maximum absolute atomic E-state index is 10.7. The van der Waals surface area contributed by atoms with Gasteiger partial charge in [-0.05, 0) is 12.8 Å². The van der Waals surface area contributed by atoms with Crippen LogP contribution in [0.2, 0.25) is 0 Å². The van der Waals surface area contributed by atoms with E-state index in [1.165, 1.54) is 0 Å². The van der Waals surface area contributed by atoms with Gasteiger partial charge in [-0.2, -0.15) is 0 Å². The Bertz CT molecular complexity index is 107. The second-order valence-electron chi connectivity index (χ2n) is 2.03. The minimum Gasteiger partial charge on any atom is -0.434 e. The number of halogens is 2. The highest BCUT2D eigenvalue weighted by molar-refractivity contribution is 14.1. The van der Waals surface area contributed by atoms with E-state index in [1.54, 1.807) is 0 Å². The van der Waals surface area contributed by atoms with Crippen molar-refractivity contribution in [3.8, 4) is 0 Å². The van der Waals surface area contributed by atoms with Gasteiger partial charge in [-0.15, -0.1) is 0 Å². The maximum Gasteiger partial charge on any atom is 0.508 e. The normalized spacial score (nSPS) is 9.50. The van der Waals surface area contributed by atoms with Crippen LogP contribution in [0.3, 0.4) is 0 Å². The molecule has 12 heavy (non-hydrogen) atoms. The first-order valence-corrected chi connectivity index (χ1v) is 6.78. The molecule has 3 nitrogen and oxygen atoms in total. The van der Waals surface area contributed by atoms with Crippen molar-refractivity contribution >= 4 is 51.3 Å². The summed E-state index contributed by atoms with van der Waals surface area (Å²) in [5.74, 6) is 0. The maximum atomic E-state index is 10.7. The number of hydrogen-bond donors (Lipinski definition) is 0. The first kappa shape index (κ1) is 12.7. The molecule has 0 atom stereocenters. The Labute approximate surface area is 99.8 Å². The van der Waals surface area contributed by atoms with Gasteiger partial charge in [-0.25, -0.2) is 4.79 Å². The van der Waals surface area contributed by atoms with Gasteiger partial charge >= 0.3 is 6.16 Å². The molecular formula is C7H12I2O3. The van der Waals surface area contributed by atoms with Gasteiger partial charge in [-0.3, -0.25) is 0 Å². The number of hydrogen-bond acceptors (Lipinski definition) is 3. The molecule has 0 radical (unpaired) electrons. The Hall–Kier alpha value is 0.730. The van der Waals surface area contributed by atoms with Crippen molar-refractivity contribution in [1.82, 2.24) is 0 Å². The second kappa shape index (κ2) is 9.82. The lowest BCUT2D eigenvalue weighted by atomic mass is 10.5. The zero-order chi connectivity index (χ0) is 9.23. The molecular weight excluding hydrogens is 386 g/mol. The largest absolute Gasteiger partial charge is 0.508 e. The lowest BCUT2D eigenvalue weighted by molar-refractivity contribution is 0.0561. The molecule has 0 aromatic rings. The third kappa shape index (κ3) is 8.82. The molecule has 0 amide bonds. The molecule has 0 unspecified atom stereocenters. The van der Waals surface area contributed by atoms with Gasteiger partial charge < -0.3 is 9.47 Å². The molecule has 0 heterocycles. The van der Waals surface area contributed by atoms with E-state index in [9.17, 15) is 4.79 Å². The molecule has 0 saturated carbocycles. The van der Waals surface area contributed by atoms with Crippen LogP contribution in [0.15, 0.2) is 0 Å². The summed E-state index contributed by atoms with van der Waals surface area (Å²) in [6.07, 6.45) is 1.24. The summed E-state index contributed by atoms with van der Waals surface area (Å²) in [6.45, 7) is 0.929. The van der Waals surface area contributed by atoms with Crippen molar-refractivity contribution in [1.29, 1.82) is 0 Å². The number of alkyl halides is 2. The summed E-state index contributed by atoms with van der Waals surface area (Å²) < 4.78 is 11.5. The Balaban J connectivity index is 3.10.